The number of methoxy groups -OCH3 is 1. The lowest BCUT2D eigenvalue weighted by Crippen LogP contribution is -2.15. The molecule has 0 saturated heterocycles. The van der Waals surface area contributed by atoms with Gasteiger partial charge in [0.1, 0.15) is 12.4 Å². The number of hydrogen-bond acceptors (Lipinski definition) is 5. The van der Waals surface area contributed by atoms with Gasteiger partial charge < -0.3 is 19.3 Å². The van der Waals surface area contributed by atoms with Crippen molar-refractivity contribution >= 4 is 5.78 Å². The van der Waals surface area contributed by atoms with E-state index in [1.165, 1.54) is 0 Å². The maximum absolute atomic E-state index is 11.9. The topological polar surface area (TPSA) is 65.0 Å². The zero-order valence-corrected chi connectivity index (χ0v) is 17.2. The van der Waals surface area contributed by atoms with Gasteiger partial charge in [0, 0.05) is 6.42 Å². The zero-order chi connectivity index (χ0) is 20.7. The molecule has 0 aromatic heterocycles. The van der Waals surface area contributed by atoms with Crippen LogP contribution in [0.5, 0.6) is 5.75 Å². The number of ether oxygens (including phenoxy) is 3. The molecule has 0 heterocycles. The fourth-order valence-corrected chi connectivity index (χ4v) is 2.93. The van der Waals surface area contributed by atoms with E-state index < -0.39 is 6.10 Å². The van der Waals surface area contributed by atoms with Gasteiger partial charge in [0.05, 0.1) is 33.0 Å². The number of hydrogen-bond donors (Lipinski definition) is 1. The van der Waals surface area contributed by atoms with Gasteiger partial charge >= 0.3 is 0 Å². The van der Waals surface area contributed by atoms with Crippen molar-refractivity contribution in [3.8, 4) is 5.75 Å². The van der Waals surface area contributed by atoms with Crippen LogP contribution < -0.4 is 4.74 Å². The summed E-state index contributed by atoms with van der Waals surface area (Å²) in [5.41, 5.74) is 2.12. The molecule has 5 nitrogen and oxygen atoms in total. The average Bonchev–Trinajstić information content (AvgIpc) is 2.75. The highest BCUT2D eigenvalue weighted by atomic mass is 16.5. The molecule has 0 bridgehead atoms. The van der Waals surface area contributed by atoms with Crippen molar-refractivity contribution in [1.82, 2.24) is 0 Å². The lowest BCUT2D eigenvalue weighted by Gasteiger charge is -2.11. The van der Waals surface area contributed by atoms with Crippen LogP contribution in [0, 0.1) is 0 Å². The van der Waals surface area contributed by atoms with Crippen molar-refractivity contribution < 1.29 is 24.1 Å². The Kier molecular flexibility index (Phi) is 11.0. The van der Waals surface area contributed by atoms with Crippen molar-refractivity contribution in [2.75, 3.05) is 20.3 Å². The minimum absolute atomic E-state index is 0.116. The standard InChI is InChI=1S/C24H32O5/c1-27-24-14-12-21(13-15-24)17-29-19-23(26)11-7-3-6-10-22(25)18-28-16-20-8-4-2-5-9-20/h2,4-5,8-9,12-15,22,25H,3,6-7,10-11,16-19H2,1H3/t22-/m0/s1. The summed E-state index contributed by atoms with van der Waals surface area (Å²) in [6, 6.07) is 17.5. The summed E-state index contributed by atoms with van der Waals surface area (Å²) < 4.78 is 16.1. The van der Waals surface area contributed by atoms with Crippen molar-refractivity contribution in [3.05, 3.63) is 65.7 Å². The molecule has 0 radical (unpaired) electrons. The number of ketones is 1. The van der Waals surface area contributed by atoms with Crippen LogP contribution in [-0.2, 0) is 27.5 Å². The van der Waals surface area contributed by atoms with Crippen molar-refractivity contribution in [1.29, 1.82) is 0 Å². The van der Waals surface area contributed by atoms with E-state index >= 15 is 0 Å². The van der Waals surface area contributed by atoms with E-state index in [9.17, 15) is 9.90 Å². The molecule has 2 aromatic rings. The predicted octanol–water partition coefficient (Wildman–Crippen LogP) is 4.31. The van der Waals surface area contributed by atoms with E-state index in [0.29, 0.717) is 32.7 Å². The first-order valence-corrected chi connectivity index (χ1v) is 10.2. The summed E-state index contributed by atoms with van der Waals surface area (Å²) in [7, 11) is 1.63. The molecule has 0 unspecified atom stereocenters. The highest BCUT2D eigenvalue weighted by Gasteiger charge is 2.06. The van der Waals surface area contributed by atoms with Crippen molar-refractivity contribution in [2.24, 2.45) is 0 Å². The summed E-state index contributed by atoms with van der Waals surface area (Å²) in [6.45, 7) is 1.42. The maximum Gasteiger partial charge on any atom is 0.158 e. The number of unbranched alkanes of at least 4 members (excludes halogenated alkanes) is 2. The second kappa shape index (κ2) is 13.9. The molecule has 0 spiro atoms. The molecule has 5 heteroatoms. The van der Waals surface area contributed by atoms with E-state index in [-0.39, 0.29) is 12.4 Å². The minimum Gasteiger partial charge on any atom is -0.497 e. The van der Waals surface area contributed by atoms with Crippen molar-refractivity contribution in [3.63, 3.8) is 0 Å². The number of Topliss-reactive ketones (excluding diaryl/α,β-unsaturated/α-hetero) is 1. The summed E-state index contributed by atoms with van der Waals surface area (Å²) in [5, 5.41) is 9.97. The van der Waals surface area contributed by atoms with Gasteiger partial charge in [0.2, 0.25) is 0 Å². The molecule has 0 aliphatic carbocycles. The summed E-state index contributed by atoms with van der Waals surface area (Å²) in [6.07, 6.45) is 3.38. The summed E-state index contributed by atoms with van der Waals surface area (Å²) in [4.78, 5) is 11.9. The van der Waals surface area contributed by atoms with Crippen LogP contribution >= 0.6 is 0 Å². The van der Waals surface area contributed by atoms with E-state index in [2.05, 4.69) is 0 Å². The molecule has 158 valence electrons. The average molecular weight is 401 g/mol. The Bertz CT molecular complexity index is 684. The van der Waals surface area contributed by atoms with Crippen LogP contribution in [0.2, 0.25) is 0 Å². The third-order valence-corrected chi connectivity index (χ3v) is 4.61. The highest BCUT2D eigenvalue weighted by Crippen LogP contribution is 2.12. The Morgan fingerprint density at radius 3 is 2.31 bits per heavy atom. The molecule has 0 aliphatic rings. The molecule has 29 heavy (non-hydrogen) atoms. The van der Waals surface area contributed by atoms with Gasteiger partial charge in [-0.15, -0.1) is 0 Å². The molecule has 1 N–H and O–H groups in total. The maximum atomic E-state index is 11.9. The quantitative estimate of drug-likeness (QED) is 0.451. The van der Waals surface area contributed by atoms with Gasteiger partial charge in [0.15, 0.2) is 5.78 Å². The predicted molar refractivity (Wildman–Crippen MR) is 113 cm³/mol. The van der Waals surface area contributed by atoms with E-state index in [0.717, 1.165) is 36.1 Å². The number of aliphatic hydroxyl groups excluding tert-OH is 1. The molecule has 0 fully saturated rings. The summed E-state index contributed by atoms with van der Waals surface area (Å²) in [5.74, 6) is 0.919. The Morgan fingerprint density at radius 2 is 1.59 bits per heavy atom. The first kappa shape index (κ1) is 23.1. The van der Waals surface area contributed by atoms with Gasteiger partial charge in [-0.2, -0.15) is 0 Å². The van der Waals surface area contributed by atoms with Gasteiger partial charge in [-0.1, -0.05) is 55.3 Å². The second-order valence-electron chi connectivity index (χ2n) is 7.13. The Hall–Kier alpha value is -2.21. The van der Waals surface area contributed by atoms with E-state index in [4.69, 9.17) is 14.2 Å². The van der Waals surface area contributed by atoms with E-state index in [1.54, 1.807) is 7.11 Å². The SMILES string of the molecule is COc1ccc(COCC(=O)CCCCC[C@H](O)COCc2ccccc2)cc1. The fraction of sp³-hybridized carbons (Fsp3) is 0.458. The highest BCUT2D eigenvalue weighted by molar-refractivity contribution is 5.79. The van der Waals surface area contributed by atoms with Gasteiger partial charge in [0.25, 0.3) is 0 Å². The van der Waals surface area contributed by atoms with Crippen molar-refractivity contribution in [2.45, 2.75) is 51.4 Å². The number of aliphatic hydroxyl groups is 1. The van der Waals surface area contributed by atoms with Crippen LogP contribution in [0.1, 0.15) is 43.2 Å². The lowest BCUT2D eigenvalue weighted by atomic mass is 10.1. The van der Waals surface area contributed by atoms with E-state index in [1.807, 2.05) is 54.6 Å². The van der Waals surface area contributed by atoms with Gasteiger partial charge in [-0.3, -0.25) is 4.79 Å². The Balaban J connectivity index is 1.44. The third-order valence-electron chi connectivity index (χ3n) is 4.61. The number of rotatable bonds is 15. The first-order chi connectivity index (χ1) is 14.2. The molecule has 0 amide bonds. The van der Waals surface area contributed by atoms with Crippen LogP contribution in [0.15, 0.2) is 54.6 Å². The molecular weight excluding hydrogens is 368 g/mol. The molecular formula is C24H32O5. The second-order valence-corrected chi connectivity index (χ2v) is 7.13. The number of carbonyl (C=O) groups excluding carboxylic acids is 1. The Labute approximate surface area is 173 Å². The molecule has 0 saturated carbocycles. The normalized spacial score (nSPS) is 11.9. The third kappa shape index (κ3) is 10.2. The lowest BCUT2D eigenvalue weighted by molar-refractivity contribution is -0.124. The Morgan fingerprint density at radius 1 is 0.897 bits per heavy atom. The molecule has 2 aromatic carbocycles. The minimum atomic E-state index is -0.456. The molecule has 0 aliphatic heterocycles. The van der Waals surface area contributed by atoms with Crippen LogP contribution in [0.3, 0.4) is 0 Å². The molecule has 2 rings (SSSR count). The monoisotopic (exact) mass is 400 g/mol. The largest absolute Gasteiger partial charge is 0.497 e. The number of carbonyl (C=O) groups is 1. The first-order valence-electron chi connectivity index (χ1n) is 10.2. The smallest absolute Gasteiger partial charge is 0.158 e. The van der Waals surface area contributed by atoms with Crippen LogP contribution in [-0.4, -0.2) is 37.3 Å². The summed E-state index contributed by atoms with van der Waals surface area (Å²) >= 11 is 0. The molecule has 1 atom stereocenters. The van der Waals surface area contributed by atoms with Crippen LogP contribution in [0.25, 0.3) is 0 Å². The zero-order valence-electron chi connectivity index (χ0n) is 17.2. The van der Waals surface area contributed by atoms with Crippen LogP contribution in [0.4, 0.5) is 0 Å². The number of benzene rings is 2. The fourth-order valence-electron chi connectivity index (χ4n) is 2.93. The van der Waals surface area contributed by atoms with Gasteiger partial charge in [-0.25, -0.2) is 0 Å². The van der Waals surface area contributed by atoms with Gasteiger partial charge in [-0.05, 0) is 36.1 Å².